The maximum atomic E-state index is 13.2. The lowest BCUT2D eigenvalue weighted by Gasteiger charge is -2.29. The Labute approximate surface area is 184 Å². The van der Waals surface area contributed by atoms with Gasteiger partial charge in [-0.2, -0.15) is 17.9 Å². The van der Waals surface area contributed by atoms with Crippen molar-refractivity contribution in [3.05, 3.63) is 48.2 Å². The lowest BCUT2D eigenvalue weighted by atomic mass is 9.92. The van der Waals surface area contributed by atoms with Crippen LogP contribution in [0.3, 0.4) is 0 Å². The van der Waals surface area contributed by atoms with E-state index in [1.165, 1.54) is 12.1 Å². The smallest absolute Gasteiger partial charge is 0.322 e. The largest absolute Gasteiger partial charge is 0.407 e. The molecule has 2 aliphatic rings. The van der Waals surface area contributed by atoms with Gasteiger partial charge in [0.1, 0.15) is 11.2 Å². The molecular formula is C23H24F3N3O2S. The first-order valence-corrected chi connectivity index (χ1v) is 12.3. The molecule has 0 spiro atoms. The van der Waals surface area contributed by atoms with E-state index in [0.29, 0.717) is 6.04 Å². The monoisotopic (exact) mass is 463 g/mol. The molecule has 5 nitrogen and oxygen atoms in total. The zero-order valence-electron chi connectivity index (χ0n) is 17.6. The van der Waals surface area contributed by atoms with Gasteiger partial charge in [0.25, 0.3) is 0 Å². The van der Waals surface area contributed by atoms with Crippen LogP contribution in [-0.4, -0.2) is 29.7 Å². The van der Waals surface area contributed by atoms with E-state index >= 15 is 0 Å². The third-order valence-corrected chi connectivity index (χ3v) is 8.21. The molecule has 0 atom stereocenters. The van der Waals surface area contributed by atoms with E-state index in [9.17, 15) is 21.6 Å². The average molecular weight is 464 g/mol. The molecule has 3 aromatic rings. The van der Waals surface area contributed by atoms with E-state index in [0.717, 1.165) is 53.5 Å². The Morgan fingerprint density at radius 2 is 1.84 bits per heavy atom. The first-order chi connectivity index (χ1) is 15.1. The predicted molar refractivity (Wildman–Crippen MR) is 116 cm³/mol. The van der Waals surface area contributed by atoms with Crippen LogP contribution < -0.4 is 4.72 Å². The van der Waals surface area contributed by atoms with Crippen LogP contribution in [0, 0.1) is 0 Å². The Balaban J connectivity index is 1.50. The summed E-state index contributed by atoms with van der Waals surface area (Å²) in [6.45, 7) is 2.07. The zero-order chi connectivity index (χ0) is 22.7. The highest BCUT2D eigenvalue weighted by molar-refractivity contribution is 7.89. The lowest BCUT2D eigenvalue weighted by molar-refractivity contribution is -0.160. The first kappa shape index (κ1) is 21.5. The molecule has 0 amide bonds. The minimum absolute atomic E-state index is 0.172. The molecule has 2 saturated carbocycles. The number of aromatic nitrogens is 2. The minimum atomic E-state index is -4.60. The van der Waals surface area contributed by atoms with Gasteiger partial charge < -0.3 is 4.57 Å². The number of sulfonamides is 1. The molecule has 9 heteroatoms. The average Bonchev–Trinajstić information content (AvgIpc) is 3.41. The quantitative estimate of drug-likeness (QED) is 0.535. The van der Waals surface area contributed by atoms with Gasteiger partial charge in [0.05, 0.1) is 10.6 Å². The summed E-state index contributed by atoms with van der Waals surface area (Å²) in [5.41, 5.74) is 1.46. The van der Waals surface area contributed by atoms with Crippen LogP contribution >= 0.6 is 0 Å². The van der Waals surface area contributed by atoms with Gasteiger partial charge in [-0.15, -0.1) is 0 Å². The predicted octanol–water partition coefficient (Wildman–Crippen LogP) is 5.36. The van der Waals surface area contributed by atoms with Crippen LogP contribution in [0.25, 0.3) is 22.3 Å². The normalized spacial score (nSPS) is 18.6. The molecule has 1 aromatic carbocycles. The van der Waals surface area contributed by atoms with Gasteiger partial charge in [-0.3, -0.25) is 0 Å². The summed E-state index contributed by atoms with van der Waals surface area (Å²) in [5.74, 6) is 0. The van der Waals surface area contributed by atoms with Crippen molar-refractivity contribution >= 4 is 21.1 Å². The van der Waals surface area contributed by atoms with Gasteiger partial charge in [-0.1, -0.05) is 19.1 Å². The van der Waals surface area contributed by atoms with Gasteiger partial charge >= 0.3 is 6.18 Å². The molecule has 1 N–H and O–H groups in total. The lowest BCUT2D eigenvalue weighted by Crippen LogP contribution is -2.47. The molecule has 0 saturated heterocycles. The first-order valence-electron chi connectivity index (χ1n) is 10.8. The Morgan fingerprint density at radius 1 is 1.16 bits per heavy atom. The van der Waals surface area contributed by atoms with Crippen molar-refractivity contribution in [1.29, 1.82) is 0 Å². The Morgan fingerprint density at radius 3 is 2.38 bits per heavy atom. The highest BCUT2D eigenvalue weighted by Gasteiger charge is 2.65. The van der Waals surface area contributed by atoms with Crippen LogP contribution in [0.5, 0.6) is 0 Å². The molecule has 32 heavy (non-hydrogen) atoms. The molecule has 2 aliphatic carbocycles. The van der Waals surface area contributed by atoms with Crippen LogP contribution in [0.15, 0.2) is 47.5 Å². The topological polar surface area (TPSA) is 64.0 Å². The van der Waals surface area contributed by atoms with Crippen molar-refractivity contribution in [3.8, 4) is 11.3 Å². The van der Waals surface area contributed by atoms with Crippen molar-refractivity contribution in [3.63, 3.8) is 0 Å². The zero-order valence-corrected chi connectivity index (χ0v) is 18.4. The second-order valence-electron chi connectivity index (χ2n) is 8.80. The maximum Gasteiger partial charge on any atom is 0.407 e. The summed E-state index contributed by atoms with van der Waals surface area (Å²) in [5, 5.41) is 1.03. The number of rotatable bonds is 6. The van der Waals surface area contributed by atoms with Crippen molar-refractivity contribution < 1.29 is 21.6 Å². The Hall–Kier alpha value is -2.39. The third kappa shape index (κ3) is 3.51. The van der Waals surface area contributed by atoms with E-state index in [2.05, 4.69) is 28.6 Å². The highest BCUT2D eigenvalue weighted by Crippen LogP contribution is 2.49. The second kappa shape index (κ2) is 7.31. The SMILES string of the molecule is CCc1cnc2c(c1)cc(-c1ccc(S(=O)(=O)NC3(C(F)(F)F)CC3)cc1)n2C1CCC1. The standard InChI is InChI=1S/C23H24F3N3O2S/c1-2-15-12-17-13-20(29(18-4-3-5-18)21(17)27-14-15)16-6-8-19(9-7-16)32(30,31)28-22(10-11-22)23(24,25)26/h6-9,12-14,18,28H,2-5,10-11H2,1H3. The molecule has 0 aliphatic heterocycles. The summed E-state index contributed by atoms with van der Waals surface area (Å²) in [6, 6.07) is 10.6. The molecule has 2 heterocycles. The number of halogens is 3. The fourth-order valence-corrected chi connectivity index (χ4v) is 5.72. The van der Waals surface area contributed by atoms with Gasteiger partial charge in [0.2, 0.25) is 10.0 Å². The molecular weight excluding hydrogens is 439 g/mol. The molecule has 2 aromatic heterocycles. The number of hydrogen-bond donors (Lipinski definition) is 1. The molecule has 0 bridgehead atoms. The van der Waals surface area contributed by atoms with Gasteiger partial charge in [-0.05, 0) is 73.9 Å². The van der Waals surface area contributed by atoms with Gasteiger partial charge in [-0.25, -0.2) is 13.4 Å². The van der Waals surface area contributed by atoms with Crippen molar-refractivity contribution in [1.82, 2.24) is 14.3 Å². The third-order valence-electron chi connectivity index (χ3n) is 6.66. The van der Waals surface area contributed by atoms with Crippen molar-refractivity contribution in [2.24, 2.45) is 0 Å². The van der Waals surface area contributed by atoms with Gasteiger partial charge in [0, 0.05) is 17.6 Å². The van der Waals surface area contributed by atoms with E-state index in [4.69, 9.17) is 0 Å². The van der Waals surface area contributed by atoms with E-state index in [-0.39, 0.29) is 17.7 Å². The molecule has 0 radical (unpaired) electrons. The number of nitrogens with zero attached hydrogens (tertiary/aromatic N) is 2. The number of hydrogen-bond acceptors (Lipinski definition) is 3. The summed E-state index contributed by atoms with van der Waals surface area (Å²) in [4.78, 5) is 4.51. The molecule has 0 unspecified atom stereocenters. The summed E-state index contributed by atoms with van der Waals surface area (Å²) < 4.78 is 68.9. The number of fused-ring (bicyclic) bond motifs is 1. The van der Waals surface area contributed by atoms with Crippen molar-refractivity contribution in [2.45, 2.75) is 68.1 Å². The number of alkyl halides is 3. The summed E-state index contributed by atoms with van der Waals surface area (Å²) in [7, 11) is -4.28. The molecule has 5 rings (SSSR count). The van der Waals surface area contributed by atoms with E-state index in [1.54, 1.807) is 12.1 Å². The number of aryl methyl sites for hydroxylation is 1. The number of pyridine rings is 1. The van der Waals surface area contributed by atoms with E-state index in [1.807, 2.05) is 10.9 Å². The molecule has 2 fully saturated rings. The number of benzene rings is 1. The van der Waals surface area contributed by atoms with Gasteiger partial charge in [0.15, 0.2) is 0 Å². The Bertz CT molecular complexity index is 1270. The fraction of sp³-hybridized carbons (Fsp3) is 0.435. The Kier molecular flexibility index (Phi) is 4.90. The molecule has 170 valence electrons. The number of nitrogens with one attached hydrogen (secondary N) is 1. The van der Waals surface area contributed by atoms with Crippen LogP contribution in [0.2, 0.25) is 0 Å². The summed E-state index contributed by atoms with van der Waals surface area (Å²) in [6.07, 6.45) is 0.968. The van der Waals surface area contributed by atoms with E-state index < -0.39 is 21.7 Å². The maximum absolute atomic E-state index is 13.2. The summed E-state index contributed by atoms with van der Waals surface area (Å²) >= 11 is 0. The fourth-order valence-electron chi connectivity index (χ4n) is 4.28. The van der Waals surface area contributed by atoms with Crippen LogP contribution in [0.4, 0.5) is 13.2 Å². The minimum Gasteiger partial charge on any atom is -0.322 e. The van der Waals surface area contributed by atoms with Crippen LogP contribution in [0.1, 0.15) is 50.6 Å². The van der Waals surface area contributed by atoms with Crippen molar-refractivity contribution in [2.75, 3.05) is 0 Å². The second-order valence-corrected chi connectivity index (χ2v) is 10.5. The highest BCUT2D eigenvalue weighted by atomic mass is 32.2. The van der Waals surface area contributed by atoms with Crippen LogP contribution in [-0.2, 0) is 16.4 Å².